The summed E-state index contributed by atoms with van der Waals surface area (Å²) in [6.07, 6.45) is 6.17. The zero-order valence-electron chi connectivity index (χ0n) is 31.4. The molecule has 2 aliphatic rings. The smallest absolute Gasteiger partial charge is 0.264 e. The molecule has 0 spiro atoms. The number of aromatic nitrogens is 1. The third-order valence-corrected chi connectivity index (χ3v) is 10.3. The summed E-state index contributed by atoms with van der Waals surface area (Å²) in [7, 11) is 5.15. The normalized spacial score (nSPS) is 17.3. The lowest BCUT2D eigenvalue weighted by molar-refractivity contribution is -0.129. The Hall–Kier alpha value is -4.55. The molecule has 9 heteroatoms. The van der Waals surface area contributed by atoms with Gasteiger partial charge in [-0.2, -0.15) is 5.26 Å². The number of hydrogen-bond donors (Lipinski definition) is 0. The molecule has 0 radical (unpaired) electrons. The van der Waals surface area contributed by atoms with Gasteiger partial charge in [0.15, 0.2) is 0 Å². The van der Waals surface area contributed by atoms with E-state index in [1.165, 1.54) is 5.56 Å². The third-order valence-electron chi connectivity index (χ3n) is 10.3. The van der Waals surface area contributed by atoms with Crippen LogP contribution in [0.2, 0.25) is 0 Å². The Morgan fingerprint density at radius 1 is 1.02 bits per heavy atom. The van der Waals surface area contributed by atoms with Crippen molar-refractivity contribution >= 4 is 5.91 Å². The Bertz CT molecular complexity index is 1880. The minimum atomic E-state index is -0.266. The highest BCUT2D eigenvalue weighted by atomic mass is 16.5. The molecule has 1 amide bonds. The van der Waals surface area contributed by atoms with Gasteiger partial charge in [0.25, 0.3) is 11.5 Å². The Morgan fingerprint density at radius 2 is 1.66 bits per heavy atom. The van der Waals surface area contributed by atoms with Crippen LogP contribution in [0.25, 0.3) is 11.1 Å². The van der Waals surface area contributed by atoms with Gasteiger partial charge in [-0.15, -0.1) is 0 Å². The molecular formula is C41H52N4O5. The van der Waals surface area contributed by atoms with Crippen LogP contribution < -0.4 is 19.8 Å². The van der Waals surface area contributed by atoms with E-state index in [9.17, 15) is 14.9 Å². The van der Waals surface area contributed by atoms with Gasteiger partial charge in [-0.05, 0) is 86.8 Å². The van der Waals surface area contributed by atoms with Gasteiger partial charge in [0.05, 0.1) is 25.8 Å². The zero-order chi connectivity index (χ0) is 36.5. The van der Waals surface area contributed by atoms with Gasteiger partial charge in [0.1, 0.15) is 35.0 Å². The van der Waals surface area contributed by atoms with Crippen molar-refractivity contribution in [2.24, 2.45) is 12.5 Å². The van der Waals surface area contributed by atoms with Crippen molar-refractivity contribution < 1.29 is 19.0 Å². The molecule has 1 atom stereocenters. The molecule has 3 heterocycles. The van der Waals surface area contributed by atoms with E-state index in [2.05, 4.69) is 30.0 Å². The van der Waals surface area contributed by atoms with E-state index in [0.29, 0.717) is 19.5 Å². The molecule has 5 rings (SSSR count). The lowest BCUT2D eigenvalue weighted by atomic mass is 9.89. The second kappa shape index (κ2) is 14.7. The summed E-state index contributed by atoms with van der Waals surface area (Å²) in [6, 6.07) is 10.3. The highest BCUT2D eigenvalue weighted by Crippen LogP contribution is 2.40. The fraction of sp³-hybridized carbons (Fsp3) is 0.488. The number of pyridine rings is 1. The average Bonchev–Trinajstić information content (AvgIpc) is 3.09. The monoisotopic (exact) mass is 680 g/mol. The number of likely N-dealkylation sites (tertiary alicyclic amines) is 1. The highest BCUT2D eigenvalue weighted by Gasteiger charge is 2.33. The lowest BCUT2D eigenvalue weighted by Crippen LogP contribution is -2.40. The van der Waals surface area contributed by atoms with Gasteiger partial charge >= 0.3 is 0 Å². The van der Waals surface area contributed by atoms with Crippen molar-refractivity contribution in [2.45, 2.75) is 86.4 Å². The number of amides is 1. The predicted octanol–water partition coefficient (Wildman–Crippen LogP) is 6.98. The van der Waals surface area contributed by atoms with Crippen LogP contribution in [0.4, 0.5) is 0 Å². The molecule has 3 aromatic rings. The number of aryl methyl sites for hydroxylation is 2. The number of rotatable bonds is 8. The van der Waals surface area contributed by atoms with Crippen LogP contribution >= 0.6 is 0 Å². The van der Waals surface area contributed by atoms with Gasteiger partial charge in [-0.1, -0.05) is 39.0 Å². The molecule has 0 bridgehead atoms. The summed E-state index contributed by atoms with van der Waals surface area (Å²) in [5.41, 5.74) is 7.88. The second-order valence-electron chi connectivity index (χ2n) is 14.9. The lowest BCUT2D eigenvalue weighted by Gasteiger charge is -2.38. The molecule has 1 saturated heterocycles. The number of nitrogens with zero attached hydrogens (tertiary/aromatic N) is 4. The standard InChI is InChI=1S/C41H52N4O5/c1-25-11-12-32-28(4)45(40(47)30(22-42)21-41(5,6)7)18-15-33(32)38(25)50-31-13-16-44(17-14-31)24-35-36(48-9)19-29(20-37(35)49-10)34-23-43(8)39(46)27(3)26(34)2/h11-12,19-21,23,28,31H,13-18,24H2,1-10H3/b30-21-. The van der Waals surface area contributed by atoms with Gasteiger partial charge in [-0.25, -0.2) is 0 Å². The number of allylic oxidation sites excluding steroid dienone is 1. The predicted molar refractivity (Wildman–Crippen MR) is 197 cm³/mol. The first-order chi connectivity index (χ1) is 23.7. The van der Waals surface area contributed by atoms with Crippen LogP contribution in [-0.4, -0.2) is 60.2 Å². The van der Waals surface area contributed by atoms with Crippen molar-refractivity contribution in [3.63, 3.8) is 0 Å². The number of nitriles is 1. The van der Waals surface area contributed by atoms with E-state index in [4.69, 9.17) is 14.2 Å². The van der Waals surface area contributed by atoms with Crippen molar-refractivity contribution in [2.75, 3.05) is 33.9 Å². The van der Waals surface area contributed by atoms with E-state index in [-0.39, 0.29) is 34.6 Å². The van der Waals surface area contributed by atoms with Gasteiger partial charge in [0.2, 0.25) is 0 Å². The van der Waals surface area contributed by atoms with Crippen LogP contribution in [-0.2, 0) is 24.8 Å². The molecule has 0 aliphatic carbocycles. The Balaban J connectivity index is 1.29. The zero-order valence-corrected chi connectivity index (χ0v) is 31.4. The third kappa shape index (κ3) is 7.46. The van der Waals surface area contributed by atoms with E-state index < -0.39 is 0 Å². The highest BCUT2D eigenvalue weighted by molar-refractivity contribution is 5.97. The number of methoxy groups -OCH3 is 2. The van der Waals surface area contributed by atoms with E-state index in [0.717, 1.165) is 82.1 Å². The van der Waals surface area contributed by atoms with Gasteiger partial charge in [0, 0.05) is 56.1 Å². The SMILES string of the molecule is COc1cc(-c2cn(C)c(=O)c(C)c2C)cc(OC)c1CN1CCC(Oc2c(C)ccc3c2CCN(C(=O)/C(C#N)=C\C(C)(C)C)C3C)CC1. The number of piperidine rings is 1. The Morgan fingerprint density at radius 3 is 2.24 bits per heavy atom. The van der Waals surface area contributed by atoms with E-state index in [1.54, 1.807) is 31.9 Å². The van der Waals surface area contributed by atoms with Crippen molar-refractivity contribution in [1.82, 2.24) is 14.4 Å². The first-order valence-electron chi connectivity index (χ1n) is 17.5. The molecule has 266 valence electrons. The largest absolute Gasteiger partial charge is 0.496 e. The molecule has 1 fully saturated rings. The number of carbonyl (C=O) groups is 1. The summed E-state index contributed by atoms with van der Waals surface area (Å²) in [5, 5.41) is 9.76. The quantitative estimate of drug-likeness (QED) is 0.187. The van der Waals surface area contributed by atoms with Crippen LogP contribution in [0.1, 0.15) is 80.0 Å². The van der Waals surface area contributed by atoms with Gasteiger partial charge in [-0.3, -0.25) is 14.5 Å². The molecule has 9 nitrogen and oxygen atoms in total. The number of benzene rings is 2. The molecule has 1 unspecified atom stereocenters. The Labute approximate surface area is 297 Å². The number of carbonyl (C=O) groups excluding carboxylic acids is 1. The average molecular weight is 681 g/mol. The maximum atomic E-state index is 13.4. The van der Waals surface area contributed by atoms with Crippen LogP contribution in [0, 0.1) is 37.5 Å². The Kier molecular flexibility index (Phi) is 10.8. The maximum Gasteiger partial charge on any atom is 0.264 e. The summed E-state index contributed by atoms with van der Waals surface area (Å²) < 4.78 is 20.2. The van der Waals surface area contributed by atoms with Crippen LogP contribution in [0.5, 0.6) is 17.2 Å². The summed E-state index contributed by atoms with van der Waals surface area (Å²) in [5.74, 6) is 2.24. The molecule has 2 aliphatic heterocycles. The fourth-order valence-corrected chi connectivity index (χ4v) is 7.31. The summed E-state index contributed by atoms with van der Waals surface area (Å²) in [4.78, 5) is 30.2. The fourth-order valence-electron chi connectivity index (χ4n) is 7.31. The first kappa shape index (κ1) is 36.7. The van der Waals surface area contributed by atoms with Crippen molar-refractivity contribution in [1.29, 1.82) is 5.26 Å². The minimum Gasteiger partial charge on any atom is -0.496 e. The van der Waals surface area contributed by atoms with E-state index in [1.807, 2.05) is 64.8 Å². The van der Waals surface area contributed by atoms with Crippen molar-refractivity contribution in [3.05, 3.63) is 85.8 Å². The van der Waals surface area contributed by atoms with Crippen LogP contribution in [0.15, 0.2) is 46.9 Å². The molecule has 1 aromatic heterocycles. The molecular weight excluding hydrogens is 628 g/mol. The van der Waals surface area contributed by atoms with Gasteiger partial charge < -0.3 is 23.7 Å². The summed E-state index contributed by atoms with van der Waals surface area (Å²) >= 11 is 0. The molecule has 0 saturated carbocycles. The van der Waals surface area contributed by atoms with E-state index >= 15 is 0 Å². The molecule has 0 N–H and O–H groups in total. The first-order valence-corrected chi connectivity index (χ1v) is 17.5. The van der Waals surface area contributed by atoms with Crippen LogP contribution in [0.3, 0.4) is 0 Å². The van der Waals surface area contributed by atoms with Crippen molar-refractivity contribution in [3.8, 4) is 34.4 Å². The number of hydrogen-bond acceptors (Lipinski definition) is 7. The minimum absolute atomic E-state index is 0.00372. The topological polar surface area (TPSA) is 97.0 Å². The number of ether oxygens (including phenoxy) is 3. The molecule has 50 heavy (non-hydrogen) atoms. The molecule has 2 aromatic carbocycles. The maximum absolute atomic E-state index is 13.4. The summed E-state index contributed by atoms with van der Waals surface area (Å²) in [6.45, 7) is 16.9. The second-order valence-corrected chi connectivity index (χ2v) is 14.9. The number of fused-ring (bicyclic) bond motifs is 1.